The smallest absolute Gasteiger partial charge is 0.272 e. The monoisotopic (exact) mass is 396 g/mol. The van der Waals surface area contributed by atoms with Gasteiger partial charge in [-0.1, -0.05) is 103 Å². The van der Waals surface area contributed by atoms with Gasteiger partial charge in [0.1, 0.15) is 20.1 Å². The topological polar surface area (TPSA) is 26.3 Å². The first-order valence-electron chi connectivity index (χ1n) is 12.3. The summed E-state index contributed by atoms with van der Waals surface area (Å²) >= 11 is 0. The van der Waals surface area contributed by atoms with Crippen molar-refractivity contribution in [3.8, 4) is 0 Å². The molecule has 0 amide bonds. The zero-order valence-electron chi connectivity index (χ0n) is 19.6. The molecule has 0 bridgehead atoms. The number of carbonyl (C=O) groups is 1. The van der Waals surface area contributed by atoms with E-state index >= 15 is 0 Å². The van der Waals surface area contributed by atoms with Gasteiger partial charge in [0.2, 0.25) is 0 Å². The van der Waals surface area contributed by atoms with Crippen LogP contribution in [0.1, 0.15) is 124 Å². The van der Waals surface area contributed by atoms with Crippen molar-refractivity contribution >= 4 is 5.97 Å². The van der Waals surface area contributed by atoms with Gasteiger partial charge in [0, 0.05) is 12.5 Å². The second-order valence-electron chi connectivity index (χ2n) is 8.60. The molecule has 0 spiro atoms. The molecule has 3 heteroatoms. The number of unbranched alkanes of at least 4 members (excludes halogenated alkanes) is 14. The Hall–Kier alpha value is -0.830. The molecule has 0 aromatic carbocycles. The minimum atomic E-state index is -0.216. The first kappa shape index (κ1) is 27.2. The van der Waals surface area contributed by atoms with Crippen molar-refractivity contribution in [2.75, 3.05) is 20.1 Å². The Bertz CT molecular complexity index is 381. The van der Waals surface area contributed by atoms with Crippen molar-refractivity contribution in [3.05, 3.63) is 12.2 Å². The fourth-order valence-corrected chi connectivity index (χ4v) is 3.72. The molecule has 0 heterocycles. The normalized spacial score (nSPS) is 13.7. The molecule has 0 N–H and O–H groups in total. The fraction of sp³-hybridized carbons (Fsp3) is 0.880. The molecular formula is C25H50NO2+. The standard InChI is InChI=1S/C25H50NO2/c1-5-8-10-11-12-13-14-15-16-17-18-19-20-21-24-26(4,23-9-6-2)28-25(27)22-7-3/h7,22H,5-6,8-21,23-24H2,1-4H3/q+1. The molecule has 0 radical (unpaired) electrons. The van der Waals surface area contributed by atoms with Gasteiger partial charge >= 0.3 is 5.97 Å². The Labute approximate surface area is 176 Å². The quantitative estimate of drug-likeness (QED) is 0.0910. The summed E-state index contributed by atoms with van der Waals surface area (Å²) in [6, 6.07) is 0. The number of hydrogen-bond acceptors (Lipinski definition) is 2. The number of rotatable bonds is 20. The highest BCUT2D eigenvalue weighted by molar-refractivity contribution is 5.81. The Kier molecular flexibility index (Phi) is 18.9. The molecule has 1 unspecified atom stereocenters. The molecule has 0 aromatic heterocycles. The van der Waals surface area contributed by atoms with Gasteiger partial charge < -0.3 is 0 Å². The minimum absolute atomic E-state index is 0.216. The van der Waals surface area contributed by atoms with Gasteiger partial charge in [-0.2, -0.15) is 0 Å². The summed E-state index contributed by atoms with van der Waals surface area (Å²) in [5, 5.41) is 0. The molecule has 0 aliphatic heterocycles. The van der Waals surface area contributed by atoms with Crippen molar-refractivity contribution < 1.29 is 14.3 Å². The summed E-state index contributed by atoms with van der Waals surface area (Å²) in [5.41, 5.74) is 0. The van der Waals surface area contributed by atoms with E-state index < -0.39 is 0 Å². The van der Waals surface area contributed by atoms with E-state index in [2.05, 4.69) is 20.9 Å². The molecule has 1 atom stereocenters. The summed E-state index contributed by atoms with van der Waals surface area (Å²) in [5.74, 6) is -0.216. The number of hydroxylamine groups is 3. The van der Waals surface area contributed by atoms with Crippen LogP contribution in [-0.2, 0) is 9.63 Å². The lowest BCUT2D eigenvalue weighted by atomic mass is 10.0. The molecule has 0 saturated carbocycles. The van der Waals surface area contributed by atoms with E-state index in [4.69, 9.17) is 4.84 Å². The maximum Gasteiger partial charge on any atom is 0.389 e. The molecule has 0 saturated heterocycles. The van der Waals surface area contributed by atoms with Crippen LogP contribution >= 0.6 is 0 Å². The highest BCUT2D eigenvalue weighted by Crippen LogP contribution is 2.15. The molecule has 0 aromatic rings. The van der Waals surface area contributed by atoms with E-state index in [0.29, 0.717) is 4.65 Å². The summed E-state index contributed by atoms with van der Waals surface area (Å²) in [4.78, 5) is 17.6. The van der Waals surface area contributed by atoms with Crippen LogP contribution in [0.3, 0.4) is 0 Å². The number of hydrogen-bond donors (Lipinski definition) is 0. The molecular weight excluding hydrogens is 346 g/mol. The SMILES string of the molecule is CC=CC(=O)O[N+](C)(CCCC)CCCCCCCCCCCCCCCC. The van der Waals surface area contributed by atoms with Gasteiger partial charge in [-0.25, -0.2) is 4.79 Å². The van der Waals surface area contributed by atoms with Crippen LogP contribution in [-0.4, -0.2) is 30.8 Å². The van der Waals surface area contributed by atoms with Crippen molar-refractivity contribution in [2.45, 2.75) is 124 Å². The van der Waals surface area contributed by atoms with Gasteiger partial charge in [-0.05, 0) is 19.8 Å². The molecule has 3 nitrogen and oxygen atoms in total. The van der Waals surface area contributed by atoms with Gasteiger partial charge in [0.15, 0.2) is 0 Å². The van der Waals surface area contributed by atoms with Crippen LogP contribution in [0.4, 0.5) is 0 Å². The van der Waals surface area contributed by atoms with E-state index in [1.165, 1.54) is 89.5 Å². The molecule has 28 heavy (non-hydrogen) atoms. The number of nitrogens with zero attached hydrogens (tertiary/aromatic N) is 1. The highest BCUT2D eigenvalue weighted by atomic mass is 16.7. The van der Waals surface area contributed by atoms with Crippen LogP contribution in [0.25, 0.3) is 0 Å². The lowest BCUT2D eigenvalue weighted by Crippen LogP contribution is -2.46. The first-order valence-corrected chi connectivity index (χ1v) is 12.3. The molecule has 0 rings (SSSR count). The van der Waals surface area contributed by atoms with E-state index in [-0.39, 0.29) is 5.97 Å². The van der Waals surface area contributed by atoms with Gasteiger partial charge in [0.05, 0.1) is 0 Å². The van der Waals surface area contributed by atoms with Gasteiger partial charge in [-0.15, -0.1) is 4.65 Å². The van der Waals surface area contributed by atoms with Crippen LogP contribution in [0.15, 0.2) is 12.2 Å². The van der Waals surface area contributed by atoms with Gasteiger partial charge in [0.25, 0.3) is 0 Å². The van der Waals surface area contributed by atoms with Crippen LogP contribution in [0.2, 0.25) is 0 Å². The van der Waals surface area contributed by atoms with Crippen LogP contribution in [0.5, 0.6) is 0 Å². The second kappa shape index (κ2) is 19.5. The zero-order chi connectivity index (χ0) is 20.9. The minimum Gasteiger partial charge on any atom is -0.272 e. The number of carbonyl (C=O) groups excluding carboxylic acids is 1. The predicted octanol–water partition coefficient (Wildman–Crippen LogP) is 7.75. The van der Waals surface area contributed by atoms with Crippen molar-refractivity contribution in [1.82, 2.24) is 0 Å². The van der Waals surface area contributed by atoms with E-state index in [9.17, 15) is 4.79 Å². The highest BCUT2D eigenvalue weighted by Gasteiger charge is 2.25. The Balaban J connectivity index is 3.67. The van der Waals surface area contributed by atoms with Gasteiger partial charge in [-0.3, -0.25) is 4.84 Å². The molecule has 166 valence electrons. The maximum absolute atomic E-state index is 11.8. The summed E-state index contributed by atoms with van der Waals surface area (Å²) in [6.07, 6.45) is 24.7. The largest absolute Gasteiger partial charge is 0.389 e. The van der Waals surface area contributed by atoms with E-state index in [1.54, 1.807) is 6.08 Å². The average molecular weight is 397 g/mol. The number of quaternary nitrogens is 1. The summed E-state index contributed by atoms with van der Waals surface area (Å²) in [6.45, 7) is 8.17. The summed E-state index contributed by atoms with van der Waals surface area (Å²) in [7, 11) is 2.05. The van der Waals surface area contributed by atoms with E-state index in [1.807, 2.05) is 6.92 Å². The van der Waals surface area contributed by atoms with Crippen molar-refractivity contribution in [1.29, 1.82) is 0 Å². The Morgan fingerprint density at radius 3 is 1.50 bits per heavy atom. The van der Waals surface area contributed by atoms with Crippen molar-refractivity contribution in [3.63, 3.8) is 0 Å². The van der Waals surface area contributed by atoms with E-state index in [0.717, 1.165) is 32.4 Å². The first-order chi connectivity index (χ1) is 13.6. The third-order valence-corrected chi connectivity index (χ3v) is 5.58. The molecule has 0 fully saturated rings. The van der Waals surface area contributed by atoms with Crippen LogP contribution in [0, 0.1) is 0 Å². The lowest BCUT2D eigenvalue weighted by Gasteiger charge is -2.30. The van der Waals surface area contributed by atoms with Crippen LogP contribution < -0.4 is 0 Å². The fourth-order valence-electron chi connectivity index (χ4n) is 3.72. The van der Waals surface area contributed by atoms with Crippen molar-refractivity contribution in [2.24, 2.45) is 0 Å². The summed E-state index contributed by atoms with van der Waals surface area (Å²) < 4.78 is 0.426. The molecule has 0 aliphatic rings. The predicted molar refractivity (Wildman–Crippen MR) is 122 cm³/mol. The average Bonchev–Trinajstić information content (AvgIpc) is 2.67. The second-order valence-corrected chi connectivity index (χ2v) is 8.60. The lowest BCUT2D eigenvalue weighted by molar-refractivity contribution is -1.07. The molecule has 0 aliphatic carbocycles. The third kappa shape index (κ3) is 17.3. The third-order valence-electron chi connectivity index (χ3n) is 5.58. The Morgan fingerprint density at radius 2 is 1.07 bits per heavy atom. The maximum atomic E-state index is 11.8. The Morgan fingerprint density at radius 1 is 0.679 bits per heavy atom. The number of allylic oxidation sites excluding steroid dienone is 1. The zero-order valence-corrected chi connectivity index (χ0v) is 19.6.